The van der Waals surface area contributed by atoms with Crippen molar-refractivity contribution < 1.29 is 22.3 Å². The number of hydrogen-bond donors (Lipinski definition) is 1. The predicted octanol–water partition coefficient (Wildman–Crippen LogP) is 2.05. The molecule has 0 radical (unpaired) electrons. The van der Waals surface area contributed by atoms with Crippen molar-refractivity contribution in [1.82, 2.24) is 19.7 Å². The summed E-state index contributed by atoms with van der Waals surface area (Å²) < 4.78 is 52.5. The Labute approximate surface area is 160 Å². The monoisotopic (exact) mass is 408 g/mol. The first-order chi connectivity index (χ1) is 13.1. The van der Waals surface area contributed by atoms with Crippen LogP contribution in [0.2, 0.25) is 0 Å². The number of aliphatic hydroxyl groups is 1. The molecule has 28 heavy (non-hydrogen) atoms. The van der Waals surface area contributed by atoms with Crippen LogP contribution in [0.3, 0.4) is 0 Å². The number of pyridine rings is 1. The summed E-state index contributed by atoms with van der Waals surface area (Å²) >= 11 is 0. The van der Waals surface area contributed by atoms with Crippen LogP contribution >= 0.6 is 0 Å². The molecule has 0 amide bonds. The van der Waals surface area contributed by atoms with Gasteiger partial charge in [0.05, 0.1) is 11.4 Å². The Morgan fingerprint density at radius 1 is 1.25 bits per heavy atom. The third-order valence-electron chi connectivity index (χ3n) is 4.61. The normalized spacial score (nSPS) is 15.2. The Balaban J connectivity index is 2.07. The van der Waals surface area contributed by atoms with Crippen LogP contribution in [0.5, 0.6) is 0 Å². The molecule has 0 fully saturated rings. The maximum atomic E-state index is 14.5. The van der Waals surface area contributed by atoms with Crippen molar-refractivity contribution in [1.29, 1.82) is 0 Å². The van der Waals surface area contributed by atoms with Gasteiger partial charge >= 0.3 is 0 Å². The molecule has 7 nitrogen and oxygen atoms in total. The van der Waals surface area contributed by atoms with Crippen molar-refractivity contribution in [3.63, 3.8) is 0 Å². The number of benzene rings is 1. The van der Waals surface area contributed by atoms with Crippen molar-refractivity contribution in [3.05, 3.63) is 72.1 Å². The van der Waals surface area contributed by atoms with Crippen LogP contribution in [0.25, 0.3) is 0 Å². The van der Waals surface area contributed by atoms with Crippen LogP contribution in [0.1, 0.15) is 24.1 Å². The van der Waals surface area contributed by atoms with Gasteiger partial charge in [0.2, 0.25) is 0 Å². The Kier molecular flexibility index (Phi) is 5.26. The van der Waals surface area contributed by atoms with E-state index in [0.717, 1.165) is 12.3 Å². The van der Waals surface area contributed by atoms with Crippen LogP contribution in [0.15, 0.2) is 54.1 Å². The SMILES string of the molecule is C[C@@H](c1ccc(S(C)(=O)=O)cn1)[C@](O)(Cn1cncn1)c1ccc(F)cc1F. The molecule has 2 atom stereocenters. The first-order valence-corrected chi connectivity index (χ1v) is 10.2. The van der Waals surface area contributed by atoms with Crippen molar-refractivity contribution in [3.8, 4) is 0 Å². The minimum atomic E-state index is -3.43. The molecule has 0 bridgehead atoms. The lowest BCUT2D eigenvalue weighted by atomic mass is 9.79. The van der Waals surface area contributed by atoms with Gasteiger partial charge < -0.3 is 5.11 Å². The molecule has 1 aromatic carbocycles. The van der Waals surface area contributed by atoms with Crippen LogP contribution in [-0.2, 0) is 22.0 Å². The van der Waals surface area contributed by atoms with E-state index >= 15 is 0 Å². The van der Waals surface area contributed by atoms with Crippen molar-refractivity contribution in [2.24, 2.45) is 0 Å². The quantitative estimate of drug-likeness (QED) is 0.670. The third kappa shape index (κ3) is 3.92. The zero-order valence-electron chi connectivity index (χ0n) is 15.1. The highest BCUT2D eigenvalue weighted by Gasteiger charge is 2.40. The highest BCUT2D eigenvalue weighted by molar-refractivity contribution is 7.90. The van der Waals surface area contributed by atoms with E-state index < -0.39 is 33.0 Å². The molecule has 0 aliphatic heterocycles. The average Bonchev–Trinajstić information content (AvgIpc) is 3.13. The van der Waals surface area contributed by atoms with Gasteiger partial charge in [0.25, 0.3) is 0 Å². The van der Waals surface area contributed by atoms with Gasteiger partial charge in [-0.05, 0) is 18.2 Å². The smallest absolute Gasteiger partial charge is 0.177 e. The molecule has 148 valence electrons. The maximum absolute atomic E-state index is 14.5. The van der Waals surface area contributed by atoms with Gasteiger partial charge in [-0.1, -0.05) is 13.0 Å². The number of rotatable bonds is 6. The Hall–Kier alpha value is -2.72. The lowest BCUT2D eigenvalue weighted by molar-refractivity contribution is -0.0123. The Bertz CT molecular complexity index is 1070. The van der Waals surface area contributed by atoms with Crippen LogP contribution < -0.4 is 0 Å². The molecule has 3 aromatic rings. The molecule has 2 heterocycles. The van der Waals surface area contributed by atoms with Gasteiger partial charge in [0.1, 0.15) is 29.9 Å². The van der Waals surface area contributed by atoms with Gasteiger partial charge in [-0.25, -0.2) is 26.9 Å². The summed E-state index contributed by atoms with van der Waals surface area (Å²) in [4.78, 5) is 7.97. The molecule has 2 aromatic heterocycles. The highest BCUT2D eigenvalue weighted by Crippen LogP contribution is 2.39. The van der Waals surface area contributed by atoms with Crippen LogP contribution in [0.4, 0.5) is 8.78 Å². The second kappa shape index (κ2) is 7.36. The second-order valence-corrected chi connectivity index (χ2v) is 8.57. The predicted molar refractivity (Wildman–Crippen MR) is 96.0 cm³/mol. The van der Waals surface area contributed by atoms with Gasteiger partial charge in [-0.2, -0.15) is 5.10 Å². The second-order valence-electron chi connectivity index (χ2n) is 6.55. The fraction of sp³-hybridized carbons (Fsp3) is 0.278. The van der Waals surface area contributed by atoms with E-state index in [2.05, 4.69) is 15.1 Å². The van der Waals surface area contributed by atoms with E-state index in [1.807, 2.05) is 0 Å². The van der Waals surface area contributed by atoms with E-state index in [-0.39, 0.29) is 17.0 Å². The summed E-state index contributed by atoms with van der Waals surface area (Å²) in [5, 5.41) is 15.4. The van der Waals surface area contributed by atoms with E-state index in [4.69, 9.17) is 0 Å². The number of hydrogen-bond acceptors (Lipinski definition) is 6. The first kappa shape index (κ1) is 20.0. The number of aromatic nitrogens is 4. The maximum Gasteiger partial charge on any atom is 0.177 e. The van der Waals surface area contributed by atoms with E-state index in [1.54, 1.807) is 6.92 Å². The number of halogens is 2. The molecule has 0 unspecified atom stereocenters. The summed E-state index contributed by atoms with van der Waals surface area (Å²) in [5.74, 6) is -2.47. The summed E-state index contributed by atoms with van der Waals surface area (Å²) in [7, 11) is -3.43. The summed E-state index contributed by atoms with van der Waals surface area (Å²) in [6.07, 6.45) is 4.87. The van der Waals surface area contributed by atoms with Crippen molar-refractivity contribution in [2.45, 2.75) is 29.9 Å². The highest BCUT2D eigenvalue weighted by atomic mass is 32.2. The fourth-order valence-electron chi connectivity index (χ4n) is 2.97. The van der Waals surface area contributed by atoms with Crippen LogP contribution in [0, 0.1) is 11.6 Å². The molecule has 3 rings (SSSR count). The summed E-state index contributed by atoms with van der Waals surface area (Å²) in [6, 6.07) is 5.73. The van der Waals surface area contributed by atoms with Crippen LogP contribution in [-0.4, -0.2) is 39.5 Å². The van der Waals surface area contributed by atoms with E-state index in [1.165, 1.54) is 41.7 Å². The fourth-order valence-corrected chi connectivity index (χ4v) is 3.53. The molecule has 0 aliphatic rings. The Morgan fingerprint density at radius 2 is 2.00 bits per heavy atom. The molecular formula is C18H18F2N4O3S. The molecule has 0 spiro atoms. The third-order valence-corrected chi connectivity index (χ3v) is 5.71. The first-order valence-electron chi connectivity index (χ1n) is 8.27. The number of nitrogens with zero attached hydrogens (tertiary/aromatic N) is 4. The van der Waals surface area contributed by atoms with Crippen molar-refractivity contribution in [2.75, 3.05) is 6.26 Å². The van der Waals surface area contributed by atoms with Crippen molar-refractivity contribution >= 4 is 9.84 Å². The molecule has 10 heteroatoms. The van der Waals surface area contributed by atoms with Gasteiger partial charge in [-0.15, -0.1) is 0 Å². The zero-order chi connectivity index (χ0) is 20.5. The van der Waals surface area contributed by atoms with Gasteiger partial charge in [-0.3, -0.25) is 4.98 Å². The van der Waals surface area contributed by atoms with Gasteiger partial charge in [0, 0.05) is 35.7 Å². The molecule has 0 saturated carbocycles. The standard InChI is InChI=1S/C18H18F2N4O3S/c1-12(17-6-4-14(8-22-17)28(2,26)27)18(25,9-24-11-21-10-23-24)15-5-3-13(19)7-16(15)20/h3-8,10-12,25H,9H2,1-2H3/t12-,18+/m0/s1. The summed E-state index contributed by atoms with van der Waals surface area (Å²) in [6.45, 7) is 1.44. The minimum Gasteiger partial charge on any atom is -0.382 e. The lowest BCUT2D eigenvalue weighted by Gasteiger charge is -2.34. The average molecular weight is 408 g/mol. The summed E-state index contributed by atoms with van der Waals surface area (Å²) in [5.41, 5.74) is -1.66. The number of sulfone groups is 1. The van der Waals surface area contributed by atoms with E-state index in [0.29, 0.717) is 11.8 Å². The van der Waals surface area contributed by atoms with Gasteiger partial charge in [0.15, 0.2) is 9.84 Å². The minimum absolute atomic E-state index is 0.0243. The lowest BCUT2D eigenvalue weighted by Crippen LogP contribution is -2.38. The molecule has 0 saturated heterocycles. The topological polar surface area (TPSA) is 98.0 Å². The molecule has 0 aliphatic carbocycles. The van der Waals surface area contributed by atoms with E-state index in [9.17, 15) is 22.3 Å². The molecular weight excluding hydrogens is 390 g/mol. The zero-order valence-corrected chi connectivity index (χ0v) is 15.9. The molecule has 1 N–H and O–H groups in total. The Morgan fingerprint density at radius 3 is 2.54 bits per heavy atom. The largest absolute Gasteiger partial charge is 0.382 e.